The Kier molecular flexibility index (Phi) is 1.58. The lowest BCUT2D eigenvalue weighted by Gasteiger charge is -2.24. The van der Waals surface area contributed by atoms with Crippen molar-refractivity contribution in [1.82, 2.24) is 5.32 Å². The molecule has 0 fully saturated rings. The number of hydrogen-bond donors (Lipinski definition) is 2. The number of aliphatic imine (C=N–C) groups is 1. The van der Waals surface area contributed by atoms with Crippen molar-refractivity contribution >= 4 is 5.96 Å². The zero-order chi connectivity index (χ0) is 10.5. The van der Waals surface area contributed by atoms with Crippen LogP contribution in [0.5, 0.6) is 0 Å². The normalized spacial score (nSPS) is 27.7. The number of fused-ring (bicyclic) bond motifs is 2. The van der Waals surface area contributed by atoms with Crippen LogP contribution in [0.15, 0.2) is 23.2 Å². The quantitative estimate of drug-likeness (QED) is 0.660. The predicted molar refractivity (Wildman–Crippen MR) is 56.0 cm³/mol. The highest BCUT2D eigenvalue weighted by molar-refractivity contribution is 5.81. The molecule has 0 saturated heterocycles. The van der Waals surface area contributed by atoms with Gasteiger partial charge < -0.3 is 11.1 Å². The summed E-state index contributed by atoms with van der Waals surface area (Å²) in [5.74, 6) is 0.351. The van der Waals surface area contributed by atoms with Gasteiger partial charge in [-0.05, 0) is 30.0 Å². The van der Waals surface area contributed by atoms with Gasteiger partial charge in [-0.3, -0.25) is 4.99 Å². The largest absolute Gasteiger partial charge is 0.370 e. The van der Waals surface area contributed by atoms with Crippen LogP contribution in [0, 0.1) is 5.82 Å². The zero-order valence-electron chi connectivity index (χ0n) is 8.26. The van der Waals surface area contributed by atoms with Crippen LogP contribution in [0.2, 0.25) is 0 Å². The molecule has 1 aromatic rings. The average molecular weight is 205 g/mol. The van der Waals surface area contributed by atoms with Gasteiger partial charge in [-0.15, -0.1) is 0 Å². The van der Waals surface area contributed by atoms with Crippen molar-refractivity contribution in [2.24, 2.45) is 10.7 Å². The molecule has 0 saturated carbocycles. The number of nitrogens with one attached hydrogen (secondary N) is 1. The van der Waals surface area contributed by atoms with Gasteiger partial charge in [0.05, 0.1) is 12.1 Å². The number of nitrogens with two attached hydrogens (primary N) is 1. The van der Waals surface area contributed by atoms with Crippen LogP contribution in [-0.4, -0.2) is 12.5 Å². The van der Waals surface area contributed by atoms with Crippen LogP contribution < -0.4 is 11.1 Å². The summed E-state index contributed by atoms with van der Waals surface area (Å²) in [5, 5.41) is 3.17. The van der Waals surface area contributed by atoms with E-state index in [4.69, 9.17) is 5.73 Å². The van der Waals surface area contributed by atoms with Crippen molar-refractivity contribution in [3.05, 3.63) is 35.1 Å². The molecule has 1 spiro atoms. The molecule has 1 heterocycles. The van der Waals surface area contributed by atoms with Crippen molar-refractivity contribution in [3.8, 4) is 0 Å². The summed E-state index contributed by atoms with van der Waals surface area (Å²) in [6.07, 6.45) is 1.63. The van der Waals surface area contributed by atoms with Crippen LogP contribution in [0.1, 0.15) is 17.5 Å². The number of guanidine groups is 1. The summed E-state index contributed by atoms with van der Waals surface area (Å²) in [7, 11) is 0. The molecule has 1 atom stereocenters. The molecule has 15 heavy (non-hydrogen) atoms. The third kappa shape index (κ3) is 1.07. The molecule has 1 aromatic carbocycles. The molecule has 78 valence electrons. The molecular formula is C11H12FN3. The maximum atomic E-state index is 13.5. The van der Waals surface area contributed by atoms with Crippen LogP contribution in [-0.2, 0) is 12.0 Å². The minimum atomic E-state index is -0.235. The van der Waals surface area contributed by atoms with E-state index in [0.717, 1.165) is 24.0 Å². The van der Waals surface area contributed by atoms with Crippen molar-refractivity contribution in [3.63, 3.8) is 0 Å². The summed E-state index contributed by atoms with van der Waals surface area (Å²) in [5.41, 5.74) is 7.23. The molecule has 1 aliphatic carbocycles. The summed E-state index contributed by atoms with van der Waals surface area (Å²) in [6.45, 7) is 0.620. The second-order valence-corrected chi connectivity index (χ2v) is 4.17. The number of nitrogens with zero attached hydrogens (tertiary/aromatic N) is 1. The minimum absolute atomic E-state index is 0.114. The van der Waals surface area contributed by atoms with E-state index >= 15 is 0 Å². The van der Waals surface area contributed by atoms with Gasteiger partial charge in [-0.25, -0.2) is 4.39 Å². The molecule has 0 aromatic heterocycles. The fourth-order valence-corrected chi connectivity index (χ4v) is 2.57. The van der Waals surface area contributed by atoms with E-state index in [1.54, 1.807) is 6.07 Å². The molecule has 4 heteroatoms. The molecule has 2 aliphatic rings. The Bertz CT molecular complexity index is 455. The Morgan fingerprint density at radius 1 is 1.47 bits per heavy atom. The summed E-state index contributed by atoms with van der Waals surface area (Å²) < 4.78 is 13.5. The van der Waals surface area contributed by atoms with E-state index < -0.39 is 0 Å². The fraction of sp³-hybridized carbons (Fsp3) is 0.364. The molecule has 0 radical (unpaired) electrons. The molecule has 3 rings (SSSR count). The highest BCUT2D eigenvalue weighted by atomic mass is 19.1. The second kappa shape index (κ2) is 2.72. The number of rotatable bonds is 0. The first kappa shape index (κ1) is 8.71. The third-order valence-electron chi connectivity index (χ3n) is 3.32. The summed E-state index contributed by atoms with van der Waals surface area (Å²) in [4.78, 5) is 4.16. The highest BCUT2D eigenvalue weighted by Gasteiger charge is 2.42. The Balaban J connectivity index is 2.10. The summed E-state index contributed by atoms with van der Waals surface area (Å²) in [6, 6.07) is 5.22. The fourth-order valence-electron chi connectivity index (χ4n) is 2.57. The van der Waals surface area contributed by atoms with Gasteiger partial charge in [0, 0.05) is 0 Å². The van der Waals surface area contributed by atoms with E-state index in [1.807, 2.05) is 6.07 Å². The number of hydrogen-bond acceptors (Lipinski definition) is 3. The van der Waals surface area contributed by atoms with Crippen LogP contribution in [0.4, 0.5) is 4.39 Å². The number of halogens is 1. The van der Waals surface area contributed by atoms with Gasteiger partial charge >= 0.3 is 0 Å². The molecule has 3 N–H and O–H groups in total. The Labute approximate surface area is 87.2 Å². The smallest absolute Gasteiger partial charge is 0.189 e. The molecule has 3 nitrogen and oxygen atoms in total. The van der Waals surface area contributed by atoms with Crippen molar-refractivity contribution in [2.75, 3.05) is 6.54 Å². The highest BCUT2D eigenvalue weighted by Crippen LogP contribution is 2.39. The van der Waals surface area contributed by atoms with E-state index in [2.05, 4.69) is 10.3 Å². The van der Waals surface area contributed by atoms with E-state index in [0.29, 0.717) is 12.5 Å². The van der Waals surface area contributed by atoms with Crippen LogP contribution in [0.25, 0.3) is 0 Å². The first-order valence-corrected chi connectivity index (χ1v) is 5.07. The summed E-state index contributed by atoms with van der Waals surface area (Å²) >= 11 is 0. The maximum Gasteiger partial charge on any atom is 0.189 e. The average Bonchev–Trinajstić information content (AvgIpc) is 2.75. The number of benzene rings is 1. The molecular weight excluding hydrogens is 193 g/mol. The van der Waals surface area contributed by atoms with E-state index in [9.17, 15) is 4.39 Å². The molecule has 1 unspecified atom stereocenters. The van der Waals surface area contributed by atoms with Crippen molar-refractivity contribution < 1.29 is 4.39 Å². The van der Waals surface area contributed by atoms with Gasteiger partial charge in [0.15, 0.2) is 5.96 Å². The van der Waals surface area contributed by atoms with Gasteiger partial charge in [-0.1, -0.05) is 12.1 Å². The second-order valence-electron chi connectivity index (χ2n) is 4.17. The topological polar surface area (TPSA) is 50.4 Å². The van der Waals surface area contributed by atoms with Crippen LogP contribution in [0.3, 0.4) is 0 Å². The third-order valence-corrected chi connectivity index (χ3v) is 3.32. The van der Waals surface area contributed by atoms with Crippen molar-refractivity contribution in [2.45, 2.75) is 18.4 Å². The van der Waals surface area contributed by atoms with Gasteiger partial charge in [-0.2, -0.15) is 0 Å². The standard InChI is InChI=1S/C11H12FN3/c12-9-3-1-2-8-7(9)4-5-11(8)6-14-10(13)15-11/h1-3H,4-6H2,(H3,13,14,15). The Morgan fingerprint density at radius 3 is 3.07 bits per heavy atom. The van der Waals surface area contributed by atoms with Crippen molar-refractivity contribution in [1.29, 1.82) is 0 Å². The lowest BCUT2D eigenvalue weighted by molar-refractivity contribution is 0.429. The maximum absolute atomic E-state index is 13.5. The lowest BCUT2D eigenvalue weighted by Crippen LogP contribution is -2.43. The molecule has 0 bridgehead atoms. The zero-order valence-corrected chi connectivity index (χ0v) is 8.26. The van der Waals surface area contributed by atoms with Gasteiger partial charge in [0.25, 0.3) is 0 Å². The Morgan fingerprint density at radius 2 is 2.33 bits per heavy atom. The van der Waals surface area contributed by atoms with Gasteiger partial charge in [0.1, 0.15) is 5.82 Å². The Hall–Kier alpha value is -1.58. The first-order chi connectivity index (χ1) is 7.21. The van der Waals surface area contributed by atoms with E-state index in [1.165, 1.54) is 6.07 Å². The monoisotopic (exact) mass is 205 g/mol. The minimum Gasteiger partial charge on any atom is -0.370 e. The lowest BCUT2D eigenvalue weighted by atomic mass is 9.93. The molecule has 0 amide bonds. The van der Waals surface area contributed by atoms with Gasteiger partial charge in [0.2, 0.25) is 0 Å². The molecule has 1 aliphatic heterocycles. The SMILES string of the molecule is NC1=NCC2(CCc3c(F)cccc32)N1. The first-order valence-electron chi connectivity index (χ1n) is 5.07. The van der Waals surface area contributed by atoms with E-state index in [-0.39, 0.29) is 11.4 Å². The van der Waals surface area contributed by atoms with Crippen LogP contribution >= 0.6 is 0 Å². The predicted octanol–water partition coefficient (Wildman–Crippen LogP) is 0.885.